The summed E-state index contributed by atoms with van der Waals surface area (Å²) in [4.78, 5) is 0. The normalized spacial score (nSPS) is 14.8. The molecule has 2 aromatic carbocycles. The number of phenols is 2. The summed E-state index contributed by atoms with van der Waals surface area (Å²) in [5.74, 6) is 0.546. The zero-order valence-electron chi connectivity index (χ0n) is 25.0. The van der Waals surface area contributed by atoms with Crippen molar-refractivity contribution in [3.05, 3.63) is 59.7 Å². The molecule has 2 N–H and O–H groups in total. The molecule has 0 radical (unpaired) electrons. The van der Waals surface area contributed by atoms with Crippen molar-refractivity contribution in [2.45, 2.75) is 102 Å². The molecule has 2 rings (SSSR count). The van der Waals surface area contributed by atoms with Gasteiger partial charge in [0.25, 0.3) is 0 Å². The maximum Gasteiger partial charge on any atom is 0.389 e. The molecule has 12 heteroatoms. The van der Waals surface area contributed by atoms with E-state index in [2.05, 4.69) is 13.1 Å². The van der Waals surface area contributed by atoms with Gasteiger partial charge >= 0.3 is 23.3 Å². The highest BCUT2D eigenvalue weighted by molar-refractivity contribution is 6.89. The second kappa shape index (κ2) is 14.2. The Hall–Kier alpha value is -1.42. The fourth-order valence-corrected chi connectivity index (χ4v) is 24.9. The molecule has 0 aliphatic heterocycles. The summed E-state index contributed by atoms with van der Waals surface area (Å²) < 4.78 is 59.8. The van der Waals surface area contributed by atoms with Gasteiger partial charge in [-0.2, -0.15) is 13.2 Å². The van der Waals surface area contributed by atoms with Crippen LogP contribution in [-0.4, -0.2) is 50.1 Å². The van der Waals surface area contributed by atoms with E-state index in [1.165, 1.54) is 0 Å². The van der Waals surface area contributed by atoms with Gasteiger partial charge in [0.15, 0.2) is 16.6 Å². The number of aryl methyl sites for hydroxylation is 2. The maximum atomic E-state index is 13.3. The molecule has 0 saturated carbocycles. The van der Waals surface area contributed by atoms with Crippen LogP contribution in [0.5, 0.6) is 11.5 Å². The maximum absolute atomic E-state index is 13.3. The van der Waals surface area contributed by atoms with E-state index in [4.69, 9.17) is 12.3 Å². The van der Waals surface area contributed by atoms with Crippen molar-refractivity contribution in [2.75, 3.05) is 0 Å². The Morgan fingerprint density at radius 1 is 0.625 bits per heavy atom. The third-order valence-corrected chi connectivity index (χ3v) is 22.9. The fraction of sp³-hybridized carbons (Fsp3) is 0.571. The molecule has 1 atom stereocenters. The van der Waals surface area contributed by atoms with E-state index in [9.17, 15) is 23.4 Å². The Morgan fingerprint density at radius 2 is 1.05 bits per heavy atom. The van der Waals surface area contributed by atoms with Crippen LogP contribution in [0, 0.1) is 0 Å². The molecular formula is C28H47F3O5Si4. The topological polar surface area (TPSA) is 68.2 Å². The Labute approximate surface area is 242 Å². The number of benzene rings is 2. The van der Waals surface area contributed by atoms with Gasteiger partial charge in [-0.05, 0) is 113 Å². The predicted octanol–water partition coefficient (Wildman–Crippen LogP) is 8.85. The number of hydrogen-bond donors (Lipinski definition) is 2. The molecule has 2 aromatic rings. The van der Waals surface area contributed by atoms with Crippen LogP contribution in [0.25, 0.3) is 0 Å². The van der Waals surface area contributed by atoms with Crippen LogP contribution in [0.1, 0.15) is 30.4 Å². The molecule has 0 fully saturated rings. The minimum atomic E-state index is -4.29. The summed E-state index contributed by atoms with van der Waals surface area (Å²) in [6, 6.07) is 15.9. The molecule has 0 aromatic heterocycles. The van der Waals surface area contributed by atoms with E-state index in [1.54, 1.807) is 30.8 Å². The van der Waals surface area contributed by atoms with Gasteiger partial charge in [-0.15, -0.1) is 0 Å². The van der Waals surface area contributed by atoms with Crippen molar-refractivity contribution in [3.8, 4) is 11.5 Å². The van der Waals surface area contributed by atoms with Crippen LogP contribution in [0.2, 0.25) is 64.0 Å². The van der Waals surface area contributed by atoms with Gasteiger partial charge in [0.2, 0.25) is 0 Å². The van der Waals surface area contributed by atoms with Crippen LogP contribution >= 0.6 is 0 Å². The van der Waals surface area contributed by atoms with E-state index < -0.39 is 46.4 Å². The van der Waals surface area contributed by atoms with Gasteiger partial charge in [-0.1, -0.05) is 36.4 Å². The smallest absolute Gasteiger partial charge is 0.389 e. The number of phenolic OH excluding ortho intramolecular Hbond substituents is 2. The van der Waals surface area contributed by atoms with Crippen molar-refractivity contribution in [1.82, 2.24) is 0 Å². The molecule has 0 aliphatic rings. The highest BCUT2D eigenvalue weighted by atomic mass is 28.5. The summed E-state index contributed by atoms with van der Waals surface area (Å²) in [6.45, 7) is 13.9. The van der Waals surface area contributed by atoms with Crippen LogP contribution in [0.4, 0.5) is 13.2 Å². The van der Waals surface area contributed by atoms with Crippen molar-refractivity contribution < 1.29 is 35.7 Å². The Balaban J connectivity index is 2.05. The first-order valence-corrected chi connectivity index (χ1v) is 25.6. The van der Waals surface area contributed by atoms with Gasteiger partial charge in [-0.25, -0.2) is 0 Å². The van der Waals surface area contributed by atoms with Crippen molar-refractivity contribution >= 4 is 33.8 Å². The number of aromatic hydroxyl groups is 2. The minimum Gasteiger partial charge on any atom is -0.508 e. The van der Waals surface area contributed by atoms with Crippen molar-refractivity contribution in [1.29, 1.82) is 0 Å². The lowest BCUT2D eigenvalue weighted by molar-refractivity contribution is -0.131. The Bertz CT molecular complexity index is 1080. The monoisotopic (exact) mass is 632 g/mol. The summed E-state index contributed by atoms with van der Waals surface area (Å²) in [5.41, 5.74) is 1.76. The molecule has 0 spiro atoms. The van der Waals surface area contributed by atoms with Crippen LogP contribution in [0.15, 0.2) is 48.5 Å². The molecule has 0 heterocycles. The van der Waals surface area contributed by atoms with Crippen LogP contribution in [0.3, 0.4) is 0 Å². The highest BCUT2D eigenvalue weighted by Gasteiger charge is 2.47. The standard InChI is InChI=1S/C28H47F3O5Si4/c1-37(2,21-12-16-24-14-8-10-18-26(24)32)34-39(5,6)36-40(7,23-20-28(29,30)31)35-38(3,4)22-13-17-25-15-9-11-19-27(25)33/h8-11,14-15,18-19,32-33H,12-13,16-17,20-23H2,1-7H3. The number of rotatable bonds is 16. The van der Waals surface area contributed by atoms with Gasteiger partial charge in [-0.3, -0.25) is 0 Å². The molecule has 0 aliphatic carbocycles. The summed E-state index contributed by atoms with van der Waals surface area (Å²) in [6.07, 6.45) is -2.20. The first kappa shape index (κ1) is 34.8. The molecule has 1 unspecified atom stereocenters. The quantitative estimate of drug-likeness (QED) is 0.181. The zero-order chi connectivity index (χ0) is 30.2. The molecule has 0 saturated heterocycles. The van der Waals surface area contributed by atoms with Gasteiger partial charge in [0.05, 0.1) is 0 Å². The number of alkyl halides is 3. The highest BCUT2D eigenvalue weighted by Crippen LogP contribution is 2.34. The lowest BCUT2D eigenvalue weighted by Crippen LogP contribution is -2.58. The lowest BCUT2D eigenvalue weighted by atomic mass is 10.1. The SMILES string of the molecule is C[Si](C)(CCCc1ccccc1O)O[Si](C)(C)O[Si](C)(CCC(F)(F)F)O[Si](C)(C)CCCc1ccccc1O. The first-order chi connectivity index (χ1) is 18.3. The van der Waals surface area contributed by atoms with Crippen molar-refractivity contribution in [3.63, 3.8) is 0 Å². The molecule has 226 valence electrons. The van der Waals surface area contributed by atoms with Gasteiger partial charge < -0.3 is 22.6 Å². The van der Waals surface area contributed by atoms with Gasteiger partial charge in [0.1, 0.15) is 11.5 Å². The van der Waals surface area contributed by atoms with E-state index in [0.717, 1.165) is 42.5 Å². The van der Waals surface area contributed by atoms with E-state index in [-0.39, 0.29) is 17.5 Å². The average Bonchev–Trinajstić information content (AvgIpc) is 2.78. The summed E-state index contributed by atoms with van der Waals surface area (Å²) >= 11 is 0. The zero-order valence-corrected chi connectivity index (χ0v) is 29.0. The fourth-order valence-electron chi connectivity index (χ4n) is 5.24. The minimum absolute atomic E-state index is 0.165. The summed E-state index contributed by atoms with van der Waals surface area (Å²) in [5, 5.41) is 20.1. The number of hydrogen-bond acceptors (Lipinski definition) is 5. The summed E-state index contributed by atoms with van der Waals surface area (Å²) in [7, 11) is -10.7. The molecule has 5 nitrogen and oxygen atoms in total. The predicted molar refractivity (Wildman–Crippen MR) is 165 cm³/mol. The molecule has 40 heavy (non-hydrogen) atoms. The molecule has 0 bridgehead atoms. The van der Waals surface area contributed by atoms with Crippen LogP contribution < -0.4 is 0 Å². The third kappa shape index (κ3) is 13.0. The Kier molecular flexibility index (Phi) is 12.3. The van der Waals surface area contributed by atoms with E-state index in [1.807, 2.05) is 50.5 Å². The number of halogens is 3. The Morgan fingerprint density at radius 3 is 1.48 bits per heavy atom. The third-order valence-electron chi connectivity index (χ3n) is 6.77. The average molecular weight is 633 g/mol. The largest absolute Gasteiger partial charge is 0.508 e. The molecule has 0 amide bonds. The number of para-hydroxylation sites is 2. The van der Waals surface area contributed by atoms with Crippen molar-refractivity contribution in [2.24, 2.45) is 0 Å². The second-order valence-corrected chi connectivity index (χ2v) is 28.5. The van der Waals surface area contributed by atoms with Gasteiger partial charge in [0, 0.05) is 6.42 Å². The van der Waals surface area contributed by atoms with Crippen LogP contribution in [-0.2, 0) is 25.2 Å². The molecular weight excluding hydrogens is 586 g/mol. The van der Waals surface area contributed by atoms with E-state index in [0.29, 0.717) is 6.42 Å². The first-order valence-electron chi connectivity index (χ1n) is 14.0. The lowest BCUT2D eigenvalue weighted by Gasteiger charge is -2.43. The van der Waals surface area contributed by atoms with E-state index >= 15 is 0 Å². The second-order valence-electron chi connectivity index (χ2n) is 12.4.